The summed E-state index contributed by atoms with van der Waals surface area (Å²) >= 11 is -1.84. The summed E-state index contributed by atoms with van der Waals surface area (Å²) in [6, 6.07) is 15.4. The highest BCUT2D eigenvalue weighted by Crippen LogP contribution is 2.35. The Labute approximate surface area is 117 Å². The lowest BCUT2D eigenvalue weighted by atomic mass is 10.1. The number of hydrogen-bond acceptors (Lipinski definition) is 1. The molecular weight excluding hydrogens is 285 g/mol. The minimum atomic E-state index is -4.55. The Morgan fingerprint density at radius 1 is 0.900 bits per heavy atom. The highest BCUT2D eigenvalue weighted by Gasteiger charge is 2.37. The highest BCUT2D eigenvalue weighted by molar-refractivity contribution is 7.94. The summed E-state index contributed by atoms with van der Waals surface area (Å²) in [5.74, 6) is 0. The van der Waals surface area contributed by atoms with Gasteiger partial charge in [-0.1, -0.05) is 48.5 Å². The molecule has 104 valence electrons. The van der Waals surface area contributed by atoms with Gasteiger partial charge in [-0.15, -0.1) is 0 Å². The molecule has 1 unspecified atom stereocenters. The third-order valence-electron chi connectivity index (χ3n) is 2.59. The lowest BCUT2D eigenvalue weighted by molar-refractivity contribution is -0.0688. The maximum Gasteiger partial charge on any atom is 0.421 e. The van der Waals surface area contributed by atoms with E-state index in [0.29, 0.717) is 4.90 Å². The zero-order valence-electron chi connectivity index (χ0n) is 10.3. The average Bonchev–Trinajstić information content (AvgIpc) is 2.45. The first-order chi connectivity index (χ1) is 9.48. The predicted octanol–water partition coefficient (Wildman–Crippen LogP) is 4.40. The van der Waals surface area contributed by atoms with E-state index in [0.717, 1.165) is 5.41 Å². The lowest BCUT2D eigenvalue weighted by Gasteiger charge is -2.13. The van der Waals surface area contributed by atoms with Crippen molar-refractivity contribution in [3.05, 3.63) is 71.6 Å². The first-order valence-electron chi connectivity index (χ1n) is 5.78. The van der Waals surface area contributed by atoms with Crippen LogP contribution in [0.5, 0.6) is 0 Å². The van der Waals surface area contributed by atoms with Crippen LogP contribution in [0.1, 0.15) is 5.56 Å². The summed E-state index contributed by atoms with van der Waals surface area (Å²) < 4.78 is 51.2. The van der Waals surface area contributed by atoms with Gasteiger partial charge < -0.3 is 4.55 Å². The Bertz CT molecular complexity index is 579. The van der Waals surface area contributed by atoms with Crippen molar-refractivity contribution in [1.82, 2.24) is 0 Å². The summed E-state index contributed by atoms with van der Waals surface area (Å²) in [4.78, 5) is 0.338. The van der Waals surface area contributed by atoms with Crippen molar-refractivity contribution >= 4 is 16.7 Å². The van der Waals surface area contributed by atoms with E-state index in [9.17, 15) is 17.7 Å². The van der Waals surface area contributed by atoms with Crippen molar-refractivity contribution in [2.75, 3.05) is 0 Å². The predicted molar refractivity (Wildman–Crippen MR) is 73.3 cm³/mol. The van der Waals surface area contributed by atoms with E-state index in [1.807, 2.05) is 0 Å². The van der Waals surface area contributed by atoms with Crippen LogP contribution in [0.3, 0.4) is 0 Å². The molecule has 0 fully saturated rings. The standard InChI is InChI=1S/C15H11F3OS/c16-15(17,18)14(12-7-3-1-4-8-12)11-20(19)13-9-5-2-6-10-13/h1-11H/b14-11-. The van der Waals surface area contributed by atoms with Crippen LogP contribution in [0.2, 0.25) is 0 Å². The normalized spacial score (nSPS) is 14.1. The zero-order chi connectivity index (χ0) is 14.6. The maximum atomic E-state index is 13.1. The van der Waals surface area contributed by atoms with Gasteiger partial charge in [-0.3, -0.25) is 0 Å². The van der Waals surface area contributed by atoms with Gasteiger partial charge in [-0.05, 0) is 17.7 Å². The maximum absolute atomic E-state index is 13.1. The molecule has 0 bridgehead atoms. The van der Waals surface area contributed by atoms with Crippen molar-refractivity contribution in [3.63, 3.8) is 0 Å². The minimum Gasteiger partial charge on any atom is -0.607 e. The Morgan fingerprint density at radius 2 is 1.40 bits per heavy atom. The SMILES string of the molecule is [O-][S+](/C=C(/c1ccccc1)C(F)(F)F)c1ccccc1. The summed E-state index contributed by atoms with van der Waals surface area (Å²) in [6.45, 7) is 0. The number of rotatable bonds is 3. The summed E-state index contributed by atoms with van der Waals surface area (Å²) in [7, 11) is 0. The number of alkyl halides is 3. The van der Waals surface area contributed by atoms with Gasteiger partial charge in [-0.25, -0.2) is 0 Å². The fourth-order valence-electron chi connectivity index (χ4n) is 1.65. The number of benzene rings is 2. The molecule has 0 aliphatic heterocycles. The third kappa shape index (κ3) is 3.65. The van der Waals surface area contributed by atoms with Crippen LogP contribution in [0.15, 0.2) is 71.0 Å². The number of allylic oxidation sites excluding steroid dienone is 1. The largest absolute Gasteiger partial charge is 0.607 e. The molecule has 0 saturated carbocycles. The highest BCUT2D eigenvalue weighted by atomic mass is 32.2. The lowest BCUT2D eigenvalue weighted by Crippen LogP contribution is -2.13. The molecule has 2 rings (SSSR count). The summed E-state index contributed by atoms with van der Waals surface area (Å²) in [6.07, 6.45) is -4.55. The van der Waals surface area contributed by atoms with Crippen molar-refractivity contribution < 1.29 is 17.7 Å². The molecule has 2 aromatic rings. The minimum absolute atomic E-state index is 0.00396. The van der Waals surface area contributed by atoms with Crippen molar-refractivity contribution in [3.8, 4) is 0 Å². The van der Waals surface area contributed by atoms with Gasteiger partial charge in [0, 0.05) is 11.2 Å². The van der Waals surface area contributed by atoms with Gasteiger partial charge in [0.15, 0.2) is 4.90 Å². The van der Waals surface area contributed by atoms with E-state index in [-0.39, 0.29) is 5.56 Å². The number of halogens is 3. The molecule has 0 aromatic heterocycles. The Kier molecular flexibility index (Phi) is 4.52. The molecule has 0 spiro atoms. The van der Waals surface area contributed by atoms with Gasteiger partial charge >= 0.3 is 6.18 Å². The van der Waals surface area contributed by atoms with Crippen LogP contribution in [0, 0.1) is 0 Å². The zero-order valence-corrected chi connectivity index (χ0v) is 11.1. The van der Waals surface area contributed by atoms with Gasteiger partial charge in [0.05, 0.1) is 0 Å². The van der Waals surface area contributed by atoms with E-state index in [1.165, 1.54) is 36.4 Å². The van der Waals surface area contributed by atoms with Crippen molar-refractivity contribution in [2.45, 2.75) is 11.1 Å². The monoisotopic (exact) mass is 296 g/mol. The van der Waals surface area contributed by atoms with E-state index in [1.54, 1.807) is 24.3 Å². The molecule has 0 aliphatic rings. The van der Waals surface area contributed by atoms with Crippen LogP contribution >= 0.6 is 0 Å². The smallest absolute Gasteiger partial charge is 0.421 e. The molecule has 2 aromatic carbocycles. The molecule has 20 heavy (non-hydrogen) atoms. The Hall–Kier alpha value is -1.72. The third-order valence-corrected chi connectivity index (χ3v) is 3.78. The van der Waals surface area contributed by atoms with E-state index in [2.05, 4.69) is 0 Å². The quantitative estimate of drug-likeness (QED) is 0.770. The second-order valence-corrected chi connectivity index (χ2v) is 5.31. The number of hydrogen-bond donors (Lipinski definition) is 0. The van der Waals surface area contributed by atoms with Crippen LogP contribution in [-0.4, -0.2) is 10.7 Å². The fraction of sp³-hybridized carbons (Fsp3) is 0.0667. The summed E-state index contributed by atoms with van der Waals surface area (Å²) in [5, 5.41) is 0.755. The summed E-state index contributed by atoms with van der Waals surface area (Å²) in [5.41, 5.74) is -0.885. The van der Waals surface area contributed by atoms with Gasteiger partial charge in [-0.2, -0.15) is 13.2 Å². The van der Waals surface area contributed by atoms with Gasteiger partial charge in [0.1, 0.15) is 11.0 Å². The van der Waals surface area contributed by atoms with E-state index >= 15 is 0 Å². The van der Waals surface area contributed by atoms with Gasteiger partial charge in [0.25, 0.3) is 0 Å². The second kappa shape index (κ2) is 6.15. The van der Waals surface area contributed by atoms with Crippen LogP contribution in [-0.2, 0) is 11.2 Å². The molecule has 0 saturated heterocycles. The molecule has 0 N–H and O–H groups in total. The molecule has 1 nitrogen and oxygen atoms in total. The van der Waals surface area contributed by atoms with Crippen LogP contribution in [0.25, 0.3) is 5.57 Å². The van der Waals surface area contributed by atoms with Crippen LogP contribution in [0.4, 0.5) is 13.2 Å². The second-order valence-electron chi connectivity index (χ2n) is 4.01. The molecule has 0 heterocycles. The molecule has 0 radical (unpaired) electrons. The Balaban J connectivity index is 2.40. The van der Waals surface area contributed by atoms with Crippen molar-refractivity contribution in [2.24, 2.45) is 0 Å². The molecule has 0 aliphatic carbocycles. The van der Waals surface area contributed by atoms with Crippen LogP contribution < -0.4 is 0 Å². The Morgan fingerprint density at radius 3 is 1.90 bits per heavy atom. The molecule has 5 heteroatoms. The fourth-order valence-corrected chi connectivity index (χ4v) is 2.69. The topological polar surface area (TPSA) is 23.1 Å². The first kappa shape index (κ1) is 14.7. The van der Waals surface area contributed by atoms with Gasteiger partial charge in [0.2, 0.25) is 0 Å². The molecular formula is C15H11F3OS. The van der Waals surface area contributed by atoms with E-state index in [4.69, 9.17) is 0 Å². The average molecular weight is 296 g/mol. The molecule has 0 amide bonds. The molecule has 1 atom stereocenters. The van der Waals surface area contributed by atoms with E-state index < -0.39 is 22.9 Å². The van der Waals surface area contributed by atoms with Crippen molar-refractivity contribution in [1.29, 1.82) is 0 Å². The first-order valence-corrected chi connectivity index (χ1v) is 7.00.